The number of piperidine rings is 1. The summed E-state index contributed by atoms with van der Waals surface area (Å²) in [5.74, 6) is 2.21. The quantitative estimate of drug-likeness (QED) is 0.694. The van der Waals surface area contributed by atoms with Crippen molar-refractivity contribution in [1.82, 2.24) is 15.0 Å². The van der Waals surface area contributed by atoms with Crippen molar-refractivity contribution >= 4 is 22.8 Å². The number of nitrogens with zero attached hydrogens (tertiary/aromatic N) is 4. The van der Waals surface area contributed by atoms with E-state index < -0.39 is 5.60 Å². The minimum Gasteiger partial charge on any atom is -0.493 e. The maximum Gasteiger partial charge on any atom is 0.222 e. The first-order chi connectivity index (χ1) is 13.9. The molecule has 0 aliphatic carbocycles. The molecule has 0 amide bonds. The van der Waals surface area contributed by atoms with E-state index in [1.54, 1.807) is 14.2 Å². The molecule has 1 aromatic carbocycles. The van der Waals surface area contributed by atoms with Crippen LogP contribution in [0.5, 0.6) is 11.5 Å². The molecule has 0 saturated carbocycles. The van der Waals surface area contributed by atoms with Crippen LogP contribution in [0, 0.1) is 0 Å². The molecule has 1 aliphatic heterocycles. The molecule has 2 aromatic heterocycles. The van der Waals surface area contributed by atoms with E-state index in [1.807, 2.05) is 37.3 Å². The van der Waals surface area contributed by atoms with E-state index >= 15 is 0 Å². The van der Waals surface area contributed by atoms with E-state index in [1.165, 1.54) is 0 Å². The summed E-state index contributed by atoms with van der Waals surface area (Å²) in [6.45, 7) is 3.23. The van der Waals surface area contributed by atoms with Gasteiger partial charge in [-0.2, -0.15) is 4.98 Å². The van der Waals surface area contributed by atoms with Crippen molar-refractivity contribution in [1.29, 1.82) is 0 Å². The Kier molecular flexibility index (Phi) is 4.87. The molecule has 29 heavy (non-hydrogen) atoms. The Bertz CT molecular complexity index is 1040. The number of fused-ring (bicyclic) bond motifs is 1. The second kappa shape index (κ2) is 7.36. The van der Waals surface area contributed by atoms with Crippen molar-refractivity contribution < 1.29 is 14.6 Å². The van der Waals surface area contributed by atoms with Gasteiger partial charge in [-0.05, 0) is 50.1 Å². The number of hydrogen-bond acceptors (Lipinski definition) is 8. The molecule has 0 unspecified atom stereocenters. The molecule has 3 N–H and O–H groups in total. The Labute approximate surface area is 169 Å². The van der Waals surface area contributed by atoms with Gasteiger partial charge in [0.1, 0.15) is 5.52 Å². The van der Waals surface area contributed by atoms with E-state index in [9.17, 15) is 5.11 Å². The second-order valence-electron chi connectivity index (χ2n) is 7.52. The average Bonchev–Trinajstić information content (AvgIpc) is 2.72. The molecule has 3 aromatic rings. The predicted octanol–water partition coefficient (Wildman–Crippen LogP) is 2.64. The van der Waals surface area contributed by atoms with Crippen LogP contribution in [-0.2, 0) is 0 Å². The van der Waals surface area contributed by atoms with Crippen LogP contribution in [-0.4, -0.2) is 53.0 Å². The summed E-state index contributed by atoms with van der Waals surface area (Å²) >= 11 is 0. The summed E-state index contributed by atoms with van der Waals surface area (Å²) in [7, 11) is 3.21. The van der Waals surface area contributed by atoms with Crippen molar-refractivity contribution in [3.8, 4) is 22.8 Å². The number of ether oxygens (including phenoxy) is 2. The lowest BCUT2D eigenvalue weighted by atomic mass is 9.94. The molecule has 1 fully saturated rings. The minimum atomic E-state index is -0.650. The fourth-order valence-electron chi connectivity index (χ4n) is 3.59. The maximum atomic E-state index is 10.3. The molecular formula is C21H25N5O3. The zero-order valence-electron chi connectivity index (χ0n) is 16.8. The van der Waals surface area contributed by atoms with Crippen molar-refractivity contribution in [2.45, 2.75) is 25.4 Å². The topological polar surface area (TPSA) is 107 Å². The number of hydrogen-bond donors (Lipinski definition) is 2. The van der Waals surface area contributed by atoms with Crippen LogP contribution in [0.15, 0.2) is 30.3 Å². The summed E-state index contributed by atoms with van der Waals surface area (Å²) < 4.78 is 10.7. The standard InChI is InChI=1S/C21H25N5O3/c1-21(27)8-10-26(11-9-21)19-18-15(24-20(22)25-19)6-5-14(23-18)13-4-7-16(28-2)17(12-13)29-3/h4-7,12,27H,8-11H2,1-3H3,(H2,22,24,25). The van der Waals surface area contributed by atoms with Crippen LogP contribution in [0.25, 0.3) is 22.3 Å². The first kappa shape index (κ1) is 19.2. The van der Waals surface area contributed by atoms with Crippen molar-refractivity contribution in [2.75, 3.05) is 37.9 Å². The fourth-order valence-corrected chi connectivity index (χ4v) is 3.59. The Morgan fingerprint density at radius 1 is 1.00 bits per heavy atom. The summed E-state index contributed by atoms with van der Waals surface area (Å²) in [5, 5.41) is 10.3. The van der Waals surface area contributed by atoms with E-state index in [2.05, 4.69) is 14.9 Å². The summed E-state index contributed by atoms with van der Waals surface area (Å²) in [6, 6.07) is 9.48. The van der Waals surface area contributed by atoms with Gasteiger partial charge in [0.2, 0.25) is 5.95 Å². The van der Waals surface area contributed by atoms with Gasteiger partial charge in [0.05, 0.1) is 31.0 Å². The number of pyridine rings is 1. The van der Waals surface area contributed by atoms with Crippen LogP contribution in [0.3, 0.4) is 0 Å². The SMILES string of the molecule is COc1ccc(-c2ccc3nc(N)nc(N4CCC(C)(O)CC4)c3n2)cc1OC. The third-order valence-electron chi connectivity index (χ3n) is 5.36. The molecule has 8 heteroatoms. The Morgan fingerprint density at radius 2 is 1.72 bits per heavy atom. The largest absolute Gasteiger partial charge is 0.493 e. The number of aliphatic hydroxyl groups is 1. The van der Waals surface area contributed by atoms with E-state index in [4.69, 9.17) is 20.2 Å². The lowest BCUT2D eigenvalue weighted by molar-refractivity contribution is 0.0350. The lowest BCUT2D eigenvalue weighted by Gasteiger charge is -2.36. The molecule has 0 spiro atoms. The molecule has 1 saturated heterocycles. The summed E-state index contributed by atoms with van der Waals surface area (Å²) in [6.07, 6.45) is 1.32. The Hall–Kier alpha value is -3.13. The third kappa shape index (κ3) is 3.75. The highest BCUT2D eigenvalue weighted by atomic mass is 16.5. The fraction of sp³-hybridized carbons (Fsp3) is 0.381. The van der Waals surface area contributed by atoms with Gasteiger partial charge in [0, 0.05) is 18.7 Å². The van der Waals surface area contributed by atoms with Crippen LogP contribution >= 0.6 is 0 Å². The second-order valence-corrected chi connectivity index (χ2v) is 7.52. The summed E-state index contributed by atoms with van der Waals surface area (Å²) in [4.78, 5) is 15.8. The highest BCUT2D eigenvalue weighted by Gasteiger charge is 2.29. The minimum absolute atomic E-state index is 0.213. The van der Waals surface area contributed by atoms with Gasteiger partial charge in [0.15, 0.2) is 17.3 Å². The molecule has 3 heterocycles. The first-order valence-electron chi connectivity index (χ1n) is 9.54. The van der Waals surface area contributed by atoms with Crippen LogP contribution in [0.4, 0.5) is 11.8 Å². The van der Waals surface area contributed by atoms with Crippen LogP contribution in [0.2, 0.25) is 0 Å². The number of rotatable bonds is 4. The van der Waals surface area contributed by atoms with Gasteiger partial charge in [-0.15, -0.1) is 0 Å². The van der Waals surface area contributed by atoms with Gasteiger partial charge in [0.25, 0.3) is 0 Å². The van der Waals surface area contributed by atoms with Crippen molar-refractivity contribution in [2.24, 2.45) is 0 Å². The van der Waals surface area contributed by atoms with Gasteiger partial charge in [-0.1, -0.05) is 0 Å². The number of nitrogens with two attached hydrogens (primary N) is 1. The third-order valence-corrected chi connectivity index (χ3v) is 5.36. The van der Waals surface area contributed by atoms with Gasteiger partial charge in [-0.25, -0.2) is 9.97 Å². The highest BCUT2D eigenvalue weighted by molar-refractivity contribution is 5.88. The number of benzene rings is 1. The first-order valence-corrected chi connectivity index (χ1v) is 9.54. The maximum absolute atomic E-state index is 10.3. The monoisotopic (exact) mass is 395 g/mol. The summed E-state index contributed by atoms with van der Waals surface area (Å²) in [5.41, 5.74) is 8.35. The zero-order valence-corrected chi connectivity index (χ0v) is 16.8. The predicted molar refractivity (Wildman–Crippen MR) is 112 cm³/mol. The molecule has 1 aliphatic rings. The molecule has 0 bridgehead atoms. The molecule has 8 nitrogen and oxygen atoms in total. The molecule has 4 rings (SSSR count). The van der Waals surface area contributed by atoms with E-state index in [0.29, 0.717) is 54.3 Å². The zero-order chi connectivity index (χ0) is 20.6. The highest BCUT2D eigenvalue weighted by Crippen LogP contribution is 2.34. The molecule has 152 valence electrons. The Balaban J connectivity index is 1.78. The average molecular weight is 395 g/mol. The number of anilines is 2. The van der Waals surface area contributed by atoms with E-state index in [-0.39, 0.29) is 5.95 Å². The normalized spacial score (nSPS) is 16.1. The van der Waals surface area contributed by atoms with Gasteiger partial charge >= 0.3 is 0 Å². The Morgan fingerprint density at radius 3 is 2.41 bits per heavy atom. The van der Waals surface area contributed by atoms with E-state index in [0.717, 1.165) is 11.3 Å². The van der Waals surface area contributed by atoms with Gasteiger partial charge < -0.3 is 25.2 Å². The number of nitrogen functional groups attached to an aromatic ring is 1. The van der Waals surface area contributed by atoms with Crippen LogP contribution in [0.1, 0.15) is 19.8 Å². The molecular weight excluding hydrogens is 370 g/mol. The molecule has 0 radical (unpaired) electrons. The van der Waals surface area contributed by atoms with Crippen molar-refractivity contribution in [3.05, 3.63) is 30.3 Å². The number of methoxy groups -OCH3 is 2. The molecule has 0 atom stereocenters. The lowest BCUT2D eigenvalue weighted by Crippen LogP contribution is -2.43. The smallest absolute Gasteiger partial charge is 0.222 e. The van der Waals surface area contributed by atoms with Gasteiger partial charge in [-0.3, -0.25) is 0 Å². The van der Waals surface area contributed by atoms with Crippen molar-refractivity contribution in [3.63, 3.8) is 0 Å². The van der Waals surface area contributed by atoms with Crippen LogP contribution < -0.4 is 20.1 Å². The number of aromatic nitrogens is 3.